The number of amides is 1. The van der Waals surface area contributed by atoms with Gasteiger partial charge in [0.25, 0.3) is 5.91 Å². The Bertz CT molecular complexity index is 869. The van der Waals surface area contributed by atoms with Crippen LogP contribution < -0.4 is 4.18 Å². The molecular formula is C18H20FNO5S. The minimum absolute atomic E-state index is 0.0351. The number of carbonyl (C=O) groups is 1. The first-order valence-corrected chi connectivity index (χ1v) is 9.63. The molecule has 0 fully saturated rings. The van der Waals surface area contributed by atoms with Crippen LogP contribution in [0, 0.1) is 5.82 Å². The first-order valence-electron chi connectivity index (χ1n) is 7.81. The molecule has 26 heavy (non-hydrogen) atoms. The average Bonchev–Trinajstić information content (AvgIpc) is 2.57. The molecule has 1 amide bonds. The van der Waals surface area contributed by atoms with Crippen molar-refractivity contribution in [1.82, 2.24) is 4.90 Å². The molecule has 0 heterocycles. The molecule has 0 radical (unpaired) electrons. The van der Waals surface area contributed by atoms with E-state index < -0.39 is 21.8 Å². The maximum atomic E-state index is 13.9. The van der Waals surface area contributed by atoms with E-state index in [0.29, 0.717) is 5.56 Å². The first kappa shape index (κ1) is 19.9. The molecule has 0 atom stereocenters. The van der Waals surface area contributed by atoms with Crippen LogP contribution in [0.25, 0.3) is 0 Å². The zero-order valence-electron chi connectivity index (χ0n) is 14.5. The molecule has 6 nitrogen and oxygen atoms in total. The van der Waals surface area contributed by atoms with Gasteiger partial charge >= 0.3 is 10.1 Å². The summed E-state index contributed by atoms with van der Waals surface area (Å²) >= 11 is 0. The van der Waals surface area contributed by atoms with Crippen LogP contribution in [0.1, 0.15) is 15.9 Å². The van der Waals surface area contributed by atoms with Crippen molar-refractivity contribution in [2.24, 2.45) is 0 Å². The van der Waals surface area contributed by atoms with Crippen LogP contribution in [0.2, 0.25) is 0 Å². The number of ether oxygens (including phenoxy) is 1. The molecule has 2 aromatic rings. The summed E-state index contributed by atoms with van der Waals surface area (Å²) in [5, 5.41) is 0. The van der Waals surface area contributed by atoms with E-state index >= 15 is 0 Å². The molecule has 0 unspecified atom stereocenters. The van der Waals surface area contributed by atoms with E-state index in [2.05, 4.69) is 0 Å². The third kappa shape index (κ3) is 5.82. The second kappa shape index (κ2) is 8.77. The van der Waals surface area contributed by atoms with E-state index in [9.17, 15) is 17.6 Å². The summed E-state index contributed by atoms with van der Waals surface area (Å²) < 4.78 is 46.3. The van der Waals surface area contributed by atoms with Crippen LogP contribution in [-0.4, -0.2) is 45.7 Å². The van der Waals surface area contributed by atoms with Gasteiger partial charge in [0.2, 0.25) is 0 Å². The highest BCUT2D eigenvalue weighted by atomic mass is 32.2. The van der Waals surface area contributed by atoms with Crippen molar-refractivity contribution in [3.8, 4) is 5.75 Å². The predicted molar refractivity (Wildman–Crippen MR) is 94.9 cm³/mol. The summed E-state index contributed by atoms with van der Waals surface area (Å²) in [4.78, 5) is 14.1. The van der Waals surface area contributed by atoms with Gasteiger partial charge in [-0.2, -0.15) is 8.42 Å². The topological polar surface area (TPSA) is 72.9 Å². The van der Waals surface area contributed by atoms with Gasteiger partial charge in [0.15, 0.2) is 0 Å². The lowest BCUT2D eigenvalue weighted by atomic mass is 10.1. The summed E-state index contributed by atoms with van der Waals surface area (Å²) in [6, 6.07) is 12.1. The molecule has 0 aromatic heterocycles. The maximum absolute atomic E-state index is 13.9. The molecule has 0 saturated heterocycles. The van der Waals surface area contributed by atoms with Crippen molar-refractivity contribution in [2.45, 2.75) is 6.54 Å². The number of carbonyl (C=O) groups excluding carboxylic acids is 1. The van der Waals surface area contributed by atoms with Crippen LogP contribution in [-0.2, 0) is 21.4 Å². The van der Waals surface area contributed by atoms with Crippen molar-refractivity contribution >= 4 is 16.0 Å². The molecule has 0 saturated carbocycles. The SMILES string of the molecule is COCCN(Cc1cccc(OS(C)(=O)=O)c1)C(=O)c1ccccc1F. The lowest BCUT2D eigenvalue weighted by Gasteiger charge is -2.23. The van der Waals surface area contributed by atoms with Crippen molar-refractivity contribution < 1.29 is 26.5 Å². The largest absolute Gasteiger partial charge is 0.383 e. The monoisotopic (exact) mass is 381 g/mol. The van der Waals surface area contributed by atoms with E-state index in [1.54, 1.807) is 18.2 Å². The second-order valence-corrected chi connectivity index (χ2v) is 7.21. The van der Waals surface area contributed by atoms with Gasteiger partial charge in [0.1, 0.15) is 11.6 Å². The maximum Gasteiger partial charge on any atom is 0.306 e. The number of benzene rings is 2. The zero-order valence-corrected chi connectivity index (χ0v) is 15.3. The van der Waals surface area contributed by atoms with E-state index in [0.717, 1.165) is 6.26 Å². The highest BCUT2D eigenvalue weighted by Crippen LogP contribution is 2.18. The lowest BCUT2D eigenvalue weighted by molar-refractivity contribution is 0.0675. The lowest BCUT2D eigenvalue weighted by Crippen LogP contribution is -2.34. The van der Waals surface area contributed by atoms with E-state index in [4.69, 9.17) is 8.92 Å². The highest BCUT2D eigenvalue weighted by molar-refractivity contribution is 7.86. The Kier molecular flexibility index (Phi) is 6.70. The molecule has 0 aliphatic rings. The fourth-order valence-corrected chi connectivity index (χ4v) is 2.80. The molecule has 2 aromatic carbocycles. The number of hydrogen-bond acceptors (Lipinski definition) is 5. The Morgan fingerprint density at radius 1 is 1.15 bits per heavy atom. The summed E-state index contributed by atoms with van der Waals surface area (Å²) in [5.74, 6) is -0.932. The summed E-state index contributed by atoms with van der Waals surface area (Å²) in [7, 11) is -2.15. The Balaban J connectivity index is 2.24. The number of methoxy groups -OCH3 is 1. The van der Waals surface area contributed by atoms with Gasteiger partial charge in [-0.15, -0.1) is 0 Å². The normalized spacial score (nSPS) is 11.2. The van der Waals surface area contributed by atoms with Crippen LogP contribution >= 0.6 is 0 Å². The molecule has 0 bridgehead atoms. The fraction of sp³-hybridized carbons (Fsp3) is 0.278. The van der Waals surface area contributed by atoms with Crippen LogP contribution in [0.4, 0.5) is 4.39 Å². The van der Waals surface area contributed by atoms with E-state index in [-0.39, 0.29) is 31.0 Å². The standard InChI is InChI=1S/C18H20FNO5S/c1-24-11-10-20(18(21)16-8-3-4-9-17(16)19)13-14-6-5-7-15(12-14)25-26(2,22)23/h3-9,12H,10-11,13H2,1-2H3. The number of nitrogens with zero attached hydrogens (tertiary/aromatic N) is 1. The molecule has 0 spiro atoms. The smallest absolute Gasteiger partial charge is 0.306 e. The third-order valence-corrected chi connectivity index (χ3v) is 3.97. The summed E-state index contributed by atoms with van der Waals surface area (Å²) in [6.45, 7) is 0.679. The van der Waals surface area contributed by atoms with Crippen molar-refractivity contribution in [1.29, 1.82) is 0 Å². The van der Waals surface area contributed by atoms with Gasteiger partial charge in [0, 0.05) is 20.2 Å². The molecule has 140 valence electrons. The predicted octanol–water partition coefficient (Wildman–Crippen LogP) is 2.45. The Hall–Kier alpha value is -2.45. The summed E-state index contributed by atoms with van der Waals surface area (Å²) in [6.07, 6.45) is 0.951. The molecular weight excluding hydrogens is 361 g/mol. The van der Waals surface area contributed by atoms with Gasteiger partial charge in [0.05, 0.1) is 18.4 Å². The number of halogens is 1. The van der Waals surface area contributed by atoms with Gasteiger partial charge in [-0.25, -0.2) is 4.39 Å². The highest BCUT2D eigenvalue weighted by Gasteiger charge is 2.19. The second-order valence-electron chi connectivity index (χ2n) is 5.63. The van der Waals surface area contributed by atoms with Crippen LogP contribution in [0.5, 0.6) is 5.75 Å². The van der Waals surface area contributed by atoms with Gasteiger partial charge in [-0.3, -0.25) is 4.79 Å². The number of hydrogen-bond donors (Lipinski definition) is 0. The number of rotatable bonds is 8. The van der Waals surface area contributed by atoms with Crippen molar-refractivity contribution in [2.75, 3.05) is 26.5 Å². The molecule has 0 N–H and O–H groups in total. The molecule has 2 rings (SSSR count). The molecule has 8 heteroatoms. The van der Waals surface area contributed by atoms with Crippen molar-refractivity contribution in [3.63, 3.8) is 0 Å². The average molecular weight is 381 g/mol. The zero-order chi connectivity index (χ0) is 19.2. The van der Waals surface area contributed by atoms with Gasteiger partial charge < -0.3 is 13.8 Å². The quantitative estimate of drug-likeness (QED) is 0.657. The van der Waals surface area contributed by atoms with Gasteiger partial charge in [-0.05, 0) is 29.8 Å². The molecule has 0 aliphatic carbocycles. The third-order valence-electron chi connectivity index (χ3n) is 3.48. The van der Waals surface area contributed by atoms with Crippen molar-refractivity contribution in [3.05, 3.63) is 65.5 Å². The Morgan fingerprint density at radius 2 is 1.88 bits per heavy atom. The van der Waals surface area contributed by atoms with Crippen LogP contribution in [0.15, 0.2) is 48.5 Å². The minimum Gasteiger partial charge on any atom is -0.383 e. The first-order chi connectivity index (χ1) is 12.3. The van der Waals surface area contributed by atoms with Crippen LogP contribution in [0.3, 0.4) is 0 Å². The summed E-state index contributed by atoms with van der Waals surface area (Å²) in [5.41, 5.74) is 0.610. The molecule has 0 aliphatic heterocycles. The Labute approximate surface area is 152 Å². The van der Waals surface area contributed by atoms with E-state index in [1.807, 2.05) is 0 Å². The minimum atomic E-state index is -3.65. The van der Waals surface area contributed by atoms with E-state index in [1.165, 1.54) is 42.3 Å². The fourth-order valence-electron chi connectivity index (χ4n) is 2.35. The Morgan fingerprint density at radius 3 is 2.54 bits per heavy atom. The van der Waals surface area contributed by atoms with Gasteiger partial charge in [-0.1, -0.05) is 24.3 Å².